The third kappa shape index (κ3) is 2.59. The molecule has 0 bridgehead atoms. The molecule has 110 valence electrons. The molecule has 0 radical (unpaired) electrons. The Balaban J connectivity index is 1.73. The Morgan fingerprint density at radius 1 is 1.20 bits per heavy atom. The molecule has 0 saturated heterocycles. The van der Waals surface area contributed by atoms with Gasteiger partial charge in [-0.1, -0.05) is 42.1 Å². The largest absolute Gasteiger partial charge is 0.391 e. The predicted molar refractivity (Wildman–Crippen MR) is 83.6 cm³/mol. The van der Waals surface area contributed by atoms with Crippen LogP contribution in [0.3, 0.4) is 0 Å². The highest BCUT2D eigenvalue weighted by Gasteiger charge is 2.45. The zero-order chi connectivity index (χ0) is 14.2. The normalized spacial score (nSPS) is 22.9. The quantitative estimate of drug-likeness (QED) is 0.863. The molecular formula is C16H21Cl2NO. The van der Waals surface area contributed by atoms with E-state index in [0.29, 0.717) is 22.6 Å². The van der Waals surface area contributed by atoms with Crippen molar-refractivity contribution >= 4 is 23.2 Å². The Morgan fingerprint density at radius 2 is 1.95 bits per heavy atom. The van der Waals surface area contributed by atoms with E-state index < -0.39 is 0 Å². The summed E-state index contributed by atoms with van der Waals surface area (Å²) in [5.74, 6) is 0. The van der Waals surface area contributed by atoms with Crippen LogP contribution in [-0.4, -0.2) is 23.8 Å². The first-order valence-corrected chi connectivity index (χ1v) is 8.24. The maximum absolute atomic E-state index is 10.7. The van der Waals surface area contributed by atoms with E-state index in [1.807, 2.05) is 18.2 Å². The van der Waals surface area contributed by atoms with E-state index in [0.717, 1.165) is 18.4 Å². The molecule has 0 spiro atoms. The molecule has 0 heterocycles. The molecule has 1 aromatic carbocycles. The predicted octanol–water partition coefficient (Wildman–Crippen LogP) is 3.92. The van der Waals surface area contributed by atoms with Gasteiger partial charge in [0.1, 0.15) is 0 Å². The van der Waals surface area contributed by atoms with E-state index in [-0.39, 0.29) is 11.5 Å². The van der Waals surface area contributed by atoms with Crippen LogP contribution >= 0.6 is 23.2 Å². The fraction of sp³-hybridized carbons (Fsp3) is 0.625. The van der Waals surface area contributed by atoms with Gasteiger partial charge < -0.3 is 10.4 Å². The molecular weight excluding hydrogens is 293 g/mol. The fourth-order valence-corrected chi connectivity index (χ4v) is 3.56. The Labute approximate surface area is 130 Å². The lowest BCUT2D eigenvalue weighted by molar-refractivity contribution is 0.0248. The van der Waals surface area contributed by atoms with Crippen molar-refractivity contribution < 1.29 is 5.11 Å². The van der Waals surface area contributed by atoms with Crippen LogP contribution in [0.15, 0.2) is 18.2 Å². The highest BCUT2D eigenvalue weighted by Crippen LogP contribution is 2.47. The second kappa shape index (κ2) is 5.84. The van der Waals surface area contributed by atoms with Crippen molar-refractivity contribution in [1.29, 1.82) is 0 Å². The van der Waals surface area contributed by atoms with Gasteiger partial charge in [-0.25, -0.2) is 0 Å². The third-order valence-electron chi connectivity index (χ3n) is 5.08. The highest BCUT2D eigenvalue weighted by molar-refractivity contribution is 6.42. The molecule has 2 fully saturated rings. The number of rotatable bonds is 5. The maximum Gasteiger partial charge on any atom is 0.0761 e. The Hall–Kier alpha value is -0.280. The molecule has 2 aliphatic carbocycles. The van der Waals surface area contributed by atoms with E-state index in [9.17, 15) is 5.11 Å². The number of aliphatic hydroxyl groups excluding tert-OH is 1. The second-order valence-electron chi connectivity index (χ2n) is 6.19. The van der Waals surface area contributed by atoms with Crippen molar-refractivity contribution in [1.82, 2.24) is 5.32 Å². The average Bonchev–Trinajstić information content (AvgIpc) is 2.30. The molecule has 2 saturated carbocycles. The summed E-state index contributed by atoms with van der Waals surface area (Å²) in [5, 5.41) is 15.3. The van der Waals surface area contributed by atoms with Crippen molar-refractivity contribution in [3.05, 3.63) is 33.8 Å². The number of nitrogens with one attached hydrogen (secondary N) is 1. The number of hydrogen-bond acceptors (Lipinski definition) is 2. The molecule has 1 atom stereocenters. The van der Waals surface area contributed by atoms with Crippen molar-refractivity contribution in [3.8, 4) is 0 Å². The minimum Gasteiger partial charge on any atom is -0.391 e. The smallest absolute Gasteiger partial charge is 0.0761 e. The van der Waals surface area contributed by atoms with Crippen LogP contribution in [0.5, 0.6) is 0 Å². The summed E-state index contributed by atoms with van der Waals surface area (Å²) < 4.78 is 0. The Morgan fingerprint density at radius 3 is 2.45 bits per heavy atom. The molecule has 2 N–H and O–H groups in total. The van der Waals surface area contributed by atoms with Gasteiger partial charge in [0.15, 0.2) is 0 Å². The number of halogens is 2. The van der Waals surface area contributed by atoms with E-state index in [2.05, 4.69) is 5.32 Å². The molecule has 3 rings (SSSR count). The van der Waals surface area contributed by atoms with Crippen molar-refractivity contribution in [3.63, 3.8) is 0 Å². The molecule has 4 heteroatoms. The highest BCUT2D eigenvalue weighted by atomic mass is 35.5. The average molecular weight is 314 g/mol. The molecule has 0 amide bonds. The van der Waals surface area contributed by atoms with Crippen LogP contribution in [0.4, 0.5) is 0 Å². The molecule has 0 aromatic heterocycles. The summed E-state index contributed by atoms with van der Waals surface area (Å²) in [6.45, 7) is 0.672. The first-order chi connectivity index (χ1) is 9.62. The van der Waals surface area contributed by atoms with Crippen molar-refractivity contribution in [2.24, 2.45) is 0 Å². The lowest BCUT2D eigenvalue weighted by atomic mass is 9.61. The van der Waals surface area contributed by atoms with E-state index in [1.54, 1.807) is 0 Å². The standard InChI is InChI=1S/C16H21Cl2NO/c17-13-6-5-11(9-14(13)18)16(7-2-8-16)15(20)10-19-12-3-1-4-12/h5-6,9,12,15,19-20H,1-4,7-8,10H2. The third-order valence-corrected chi connectivity index (χ3v) is 5.82. The second-order valence-corrected chi connectivity index (χ2v) is 7.00. The van der Waals surface area contributed by atoms with Gasteiger partial charge in [-0.15, -0.1) is 0 Å². The van der Waals surface area contributed by atoms with Gasteiger partial charge >= 0.3 is 0 Å². The maximum atomic E-state index is 10.7. The minimum atomic E-state index is -0.353. The summed E-state index contributed by atoms with van der Waals surface area (Å²) in [6.07, 6.45) is 6.66. The van der Waals surface area contributed by atoms with Crippen molar-refractivity contribution in [2.75, 3.05) is 6.54 Å². The van der Waals surface area contributed by atoms with Crippen LogP contribution in [-0.2, 0) is 5.41 Å². The summed E-state index contributed by atoms with van der Waals surface area (Å²) in [4.78, 5) is 0. The van der Waals surface area contributed by atoms with Crippen LogP contribution in [0.2, 0.25) is 10.0 Å². The number of hydrogen-bond donors (Lipinski definition) is 2. The molecule has 1 unspecified atom stereocenters. The molecule has 0 aliphatic heterocycles. The summed E-state index contributed by atoms with van der Waals surface area (Å²) in [7, 11) is 0. The first kappa shape index (κ1) is 14.6. The van der Waals surface area contributed by atoms with Gasteiger partial charge in [0, 0.05) is 18.0 Å². The number of benzene rings is 1. The van der Waals surface area contributed by atoms with Crippen molar-refractivity contribution in [2.45, 2.75) is 56.1 Å². The SMILES string of the molecule is OC(CNC1CCC1)C1(c2ccc(Cl)c(Cl)c2)CCC1. The van der Waals surface area contributed by atoms with Gasteiger partial charge in [-0.2, -0.15) is 0 Å². The Bertz CT molecular complexity index is 483. The van der Waals surface area contributed by atoms with Gasteiger partial charge in [0.05, 0.1) is 16.1 Å². The molecule has 1 aromatic rings. The zero-order valence-electron chi connectivity index (χ0n) is 11.5. The molecule has 2 nitrogen and oxygen atoms in total. The molecule has 20 heavy (non-hydrogen) atoms. The lowest BCUT2D eigenvalue weighted by Crippen LogP contribution is -2.52. The van der Waals surface area contributed by atoms with E-state index in [1.165, 1.54) is 25.7 Å². The lowest BCUT2D eigenvalue weighted by Gasteiger charge is -2.47. The minimum absolute atomic E-state index is 0.134. The molecule has 2 aliphatic rings. The zero-order valence-corrected chi connectivity index (χ0v) is 13.1. The Kier molecular flexibility index (Phi) is 4.28. The van der Waals surface area contributed by atoms with E-state index >= 15 is 0 Å². The van der Waals surface area contributed by atoms with Gasteiger partial charge in [-0.3, -0.25) is 0 Å². The summed E-state index contributed by atoms with van der Waals surface area (Å²) in [5.41, 5.74) is 0.992. The monoisotopic (exact) mass is 313 g/mol. The topological polar surface area (TPSA) is 32.3 Å². The van der Waals surface area contributed by atoms with Gasteiger partial charge in [0.25, 0.3) is 0 Å². The van der Waals surface area contributed by atoms with Crippen LogP contribution < -0.4 is 5.32 Å². The van der Waals surface area contributed by atoms with E-state index in [4.69, 9.17) is 23.2 Å². The van der Waals surface area contributed by atoms with Crippen LogP contribution in [0.1, 0.15) is 44.1 Å². The van der Waals surface area contributed by atoms with Gasteiger partial charge in [0.2, 0.25) is 0 Å². The van der Waals surface area contributed by atoms with Crippen LogP contribution in [0.25, 0.3) is 0 Å². The summed E-state index contributed by atoms with van der Waals surface area (Å²) >= 11 is 12.1. The van der Waals surface area contributed by atoms with Crippen LogP contribution in [0, 0.1) is 0 Å². The van der Waals surface area contributed by atoms with Gasteiger partial charge in [-0.05, 0) is 43.4 Å². The summed E-state index contributed by atoms with van der Waals surface area (Å²) in [6, 6.07) is 6.39. The first-order valence-electron chi connectivity index (χ1n) is 7.49. The fourth-order valence-electron chi connectivity index (χ4n) is 3.26. The number of aliphatic hydroxyl groups is 1.